The number of aromatic nitrogens is 3. The summed E-state index contributed by atoms with van der Waals surface area (Å²) in [4.78, 5) is 17.0. The van der Waals surface area contributed by atoms with Crippen molar-refractivity contribution in [1.82, 2.24) is 25.2 Å². The fraction of sp³-hybridized carbons (Fsp3) is 0.594. The van der Waals surface area contributed by atoms with Crippen LogP contribution in [0.3, 0.4) is 0 Å². The van der Waals surface area contributed by atoms with Gasteiger partial charge in [-0.15, -0.1) is 0 Å². The Labute approximate surface area is 267 Å². The lowest BCUT2D eigenvalue weighted by atomic mass is 9.94. The number of rotatable bonds is 4. The van der Waals surface area contributed by atoms with Crippen LogP contribution in [0.15, 0.2) is 6.07 Å². The van der Waals surface area contributed by atoms with E-state index in [9.17, 15) is 22.0 Å². The Morgan fingerprint density at radius 1 is 1.04 bits per heavy atom. The molecule has 256 valence electrons. The van der Waals surface area contributed by atoms with E-state index in [0.29, 0.717) is 6.42 Å². The van der Waals surface area contributed by atoms with Crippen LogP contribution >= 0.6 is 0 Å². The van der Waals surface area contributed by atoms with Crippen molar-refractivity contribution in [2.75, 3.05) is 36.9 Å². The van der Waals surface area contributed by atoms with E-state index in [2.05, 4.69) is 25.2 Å². The van der Waals surface area contributed by atoms with E-state index >= 15 is 8.78 Å². The number of benzene rings is 1. The van der Waals surface area contributed by atoms with Crippen molar-refractivity contribution in [2.45, 2.75) is 96.1 Å². The zero-order valence-electron chi connectivity index (χ0n) is 26.5. The van der Waals surface area contributed by atoms with Gasteiger partial charge in [-0.2, -0.15) is 23.1 Å². The number of nitrogen functional groups attached to an aromatic ring is 1. The molecular weight excluding hydrogens is 631 g/mol. The zero-order chi connectivity index (χ0) is 33.8. The van der Waals surface area contributed by atoms with Crippen molar-refractivity contribution in [3.8, 4) is 17.3 Å². The number of aryl methyl sites for hydroxylation is 1. The molecule has 4 aliphatic heterocycles. The van der Waals surface area contributed by atoms with Gasteiger partial charge in [0.05, 0.1) is 40.5 Å². The van der Waals surface area contributed by atoms with Crippen LogP contribution < -0.4 is 20.7 Å². The molecule has 6 heterocycles. The molecule has 0 aliphatic carbocycles. The smallest absolute Gasteiger partial charge is 0.417 e. The topological polar surface area (TPSA) is 92.4 Å². The lowest BCUT2D eigenvalue weighted by Crippen LogP contribution is -2.60. The molecule has 3 atom stereocenters. The summed E-state index contributed by atoms with van der Waals surface area (Å²) in [6.07, 6.45) is -4.20. The largest absolute Gasteiger partial charge is 0.461 e. The van der Waals surface area contributed by atoms with Crippen LogP contribution in [0, 0.1) is 18.6 Å². The summed E-state index contributed by atoms with van der Waals surface area (Å²) >= 11 is 0. The standard InChI is InChI=1S/C30H32F7N7O.C2H6/c1-14-21(30(35,36)37)15(11-16(38)22(14)32)24-23(33)25-20-17(39-24)5-2-6-18-26(34)40-19(31)12-44(18)27(20)42-28(41-25)45-13-29-7-3-9-43(29)10-4-8-29;1-2/h11,18-19,26,40H,2-10,12-13,38H2,1H3;1-2H3. The summed E-state index contributed by atoms with van der Waals surface area (Å²) in [7, 11) is 0. The number of fused-ring (bicyclic) bond motifs is 3. The van der Waals surface area contributed by atoms with Crippen LogP contribution in [-0.4, -0.2) is 70.3 Å². The molecule has 3 unspecified atom stereocenters. The van der Waals surface area contributed by atoms with Crippen LogP contribution in [0.1, 0.15) is 69.2 Å². The number of anilines is 2. The highest BCUT2D eigenvalue weighted by Crippen LogP contribution is 2.45. The number of piperazine rings is 1. The summed E-state index contributed by atoms with van der Waals surface area (Å²) in [5.74, 6) is -2.50. The fourth-order valence-corrected chi connectivity index (χ4v) is 7.70. The molecule has 8 nitrogen and oxygen atoms in total. The molecule has 4 aliphatic rings. The van der Waals surface area contributed by atoms with Crippen molar-refractivity contribution in [3.05, 3.63) is 34.5 Å². The summed E-state index contributed by atoms with van der Waals surface area (Å²) in [5, 5.41) is 2.31. The van der Waals surface area contributed by atoms with Crippen LogP contribution in [0.25, 0.3) is 22.2 Å². The number of nitrogens with one attached hydrogen (secondary N) is 1. The van der Waals surface area contributed by atoms with Gasteiger partial charge in [0, 0.05) is 5.56 Å². The highest BCUT2D eigenvalue weighted by atomic mass is 19.4. The zero-order valence-corrected chi connectivity index (χ0v) is 26.5. The third-order valence-electron chi connectivity index (χ3n) is 9.79. The maximum Gasteiger partial charge on any atom is 0.417 e. The Morgan fingerprint density at radius 3 is 2.43 bits per heavy atom. The maximum absolute atomic E-state index is 16.7. The van der Waals surface area contributed by atoms with E-state index in [1.54, 1.807) is 0 Å². The van der Waals surface area contributed by atoms with Gasteiger partial charge in [0.15, 0.2) is 18.4 Å². The summed E-state index contributed by atoms with van der Waals surface area (Å²) in [6.45, 7) is 6.63. The first kappa shape index (κ1) is 33.4. The second-order valence-electron chi connectivity index (χ2n) is 12.5. The van der Waals surface area contributed by atoms with E-state index in [1.165, 1.54) is 4.90 Å². The summed E-state index contributed by atoms with van der Waals surface area (Å²) in [5.41, 5.74) is 0.974. The quantitative estimate of drug-likeness (QED) is 0.182. The van der Waals surface area contributed by atoms with Crippen molar-refractivity contribution in [1.29, 1.82) is 0 Å². The molecule has 47 heavy (non-hydrogen) atoms. The molecule has 3 saturated heterocycles. The molecule has 0 radical (unpaired) electrons. The average Bonchev–Trinajstić information content (AvgIpc) is 3.60. The van der Waals surface area contributed by atoms with Crippen molar-refractivity contribution >= 4 is 22.4 Å². The van der Waals surface area contributed by atoms with Gasteiger partial charge in [0.1, 0.15) is 29.5 Å². The molecule has 15 heteroatoms. The molecule has 3 N–H and O–H groups in total. The molecule has 3 aromatic rings. The molecule has 1 aromatic carbocycles. The van der Waals surface area contributed by atoms with Crippen molar-refractivity contribution in [2.24, 2.45) is 0 Å². The van der Waals surface area contributed by atoms with E-state index in [0.717, 1.165) is 51.8 Å². The highest BCUT2D eigenvalue weighted by molar-refractivity contribution is 5.95. The minimum absolute atomic E-state index is 0.00232. The molecule has 0 saturated carbocycles. The molecule has 3 fully saturated rings. The molecule has 0 amide bonds. The number of alkyl halides is 5. The van der Waals surface area contributed by atoms with E-state index in [-0.39, 0.29) is 54.4 Å². The molecule has 7 rings (SSSR count). The monoisotopic (exact) mass is 669 g/mol. The van der Waals surface area contributed by atoms with Crippen LogP contribution in [0.5, 0.6) is 6.01 Å². The van der Waals surface area contributed by atoms with Crippen LogP contribution in [0.4, 0.5) is 42.2 Å². The number of pyridine rings is 1. The van der Waals surface area contributed by atoms with Gasteiger partial charge >= 0.3 is 12.2 Å². The minimum atomic E-state index is -5.07. The first-order valence-corrected chi connectivity index (χ1v) is 16.1. The van der Waals surface area contributed by atoms with Gasteiger partial charge in [-0.05, 0) is 76.6 Å². The summed E-state index contributed by atoms with van der Waals surface area (Å²) < 4.78 is 110. The maximum atomic E-state index is 16.7. The normalized spacial score (nSPS) is 23.9. The lowest BCUT2D eigenvalue weighted by Gasteiger charge is -2.42. The average molecular weight is 670 g/mol. The highest BCUT2D eigenvalue weighted by Gasteiger charge is 2.46. The third-order valence-corrected chi connectivity index (χ3v) is 9.79. The Hall–Kier alpha value is -3.46. The van der Waals surface area contributed by atoms with Crippen LogP contribution in [0.2, 0.25) is 0 Å². The Morgan fingerprint density at radius 2 is 1.74 bits per heavy atom. The molecule has 0 bridgehead atoms. The van der Waals surface area contributed by atoms with Gasteiger partial charge in [-0.3, -0.25) is 10.2 Å². The van der Waals surface area contributed by atoms with Gasteiger partial charge in [-0.1, -0.05) is 13.8 Å². The van der Waals surface area contributed by atoms with Crippen molar-refractivity contribution < 1.29 is 35.5 Å². The Balaban J connectivity index is 0.00000190. The second-order valence-corrected chi connectivity index (χ2v) is 12.5. The fourth-order valence-electron chi connectivity index (χ4n) is 7.70. The lowest BCUT2D eigenvalue weighted by molar-refractivity contribution is -0.137. The van der Waals surface area contributed by atoms with E-state index in [4.69, 9.17) is 10.5 Å². The second kappa shape index (κ2) is 12.5. The Bertz CT molecular complexity index is 1660. The van der Waals surface area contributed by atoms with Gasteiger partial charge in [0.2, 0.25) is 0 Å². The van der Waals surface area contributed by atoms with Gasteiger partial charge in [-0.25, -0.2) is 22.5 Å². The van der Waals surface area contributed by atoms with Gasteiger partial charge < -0.3 is 15.4 Å². The molecule has 2 aromatic heterocycles. The number of halogens is 7. The molecule has 0 spiro atoms. The number of hydrogen-bond acceptors (Lipinski definition) is 8. The number of hydrogen-bond donors (Lipinski definition) is 2. The summed E-state index contributed by atoms with van der Waals surface area (Å²) in [6, 6.07) is -0.393. The minimum Gasteiger partial charge on any atom is -0.461 e. The number of nitrogens with zero attached hydrogens (tertiary/aromatic N) is 5. The van der Waals surface area contributed by atoms with Gasteiger partial charge in [0.25, 0.3) is 0 Å². The molecular formula is C32H38F7N7O. The third kappa shape index (κ3) is 5.72. The number of nitrogens with two attached hydrogens (primary N) is 1. The first-order chi connectivity index (χ1) is 22.4. The predicted molar refractivity (Wildman–Crippen MR) is 163 cm³/mol. The van der Waals surface area contributed by atoms with E-state index in [1.807, 2.05) is 13.8 Å². The first-order valence-electron chi connectivity index (χ1n) is 16.1. The van der Waals surface area contributed by atoms with E-state index < -0.39 is 70.0 Å². The van der Waals surface area contributed by atoms with Crippen molar-refractivity contribution in [3.63, 3.8) is 0 Å². The Kier molecular flexibility index (Phi) is 8.92. The SMILES string of the molecule is CC.Cc1c(F)c(N)cc(-c2nc3c4c(nc(OCC56CCCN5CCC6)nc4c2F)N2CC(F)NC(F)C2CCC3)c1C(F)(F)F. The predicted octanol–water partition coefficient (Wildman–Crippen LogP) is 6.62. The van der Waals surface area contributed by atoms with Crippen LogP contribution in [-0.2, 0) is 12.6 Å². The number of ether oxygens (including phenoxy) is 1.